The highest BCUT2D eigenvalue weighted by molar-refractivity contribution is 6.83. The lowest BCUT2D eigenvalue weighted by atomic mass is 10.3. The lowest BCUT2D eigenvalue weighted by Crippen LogP contribution is -2.17. The van der Waals surface area contributed by atoms with Crippen molar-refractivity contribution in [1.82, 2.24) is 0 Å². The monoisotopic (exact) mass is 168 g/mol. The van der Waals surface area contributed by atoms with Gasteiger partial charge in [0.15, 0.2) is 0 Å². The van der Waals surface area contributed by atoms with Crippen molar-refractivity contribution >= 4 is 8.07 Å². The Morgan fingerprint density at radius 2 is 1.91 bits per heavy atom. The molecule has 1 atom stereocenters. The zero-order valence-electron chi connectivity index (χ0n) is 7.68. The summed E-state index contributed by atoms with van der Waals surface area (Å²) in [6.07, 6.45) is 2.92. The molecule has 0 saturated heterocycles. The minimum atomic E-state index is -1.30. The molecule has 0 spiro atoms. The van der Waals surface area contributed by atoms with Crippen LogP contribution in [0.3, 0.4) is 0 Å². The summed E-state index contributed by atoms with van der Waals surface area (Å²) in [5, 5.41) is 9.17. The summed E-state index contributed by atoms with van der Waals surface area (Å²) >= 11 is 0. The molecular formula is C9H16OSi. The average molecular weight is 168 g/mol. The van der Waals surface area contributed by atoms with Crippen LogP contribution in [0.5, 0.6) is 0 Å². The number of aliphatic hydroxyl groups is 1. The van der Waals surface area contributed by atoms with Crippen LogP contribution in [0.15, 0.2) is 12.2 Å². The second-order valence-corrected chi connectivity index (χ2v) is 8.24. The fourth-order valence-electron chi connectivity index (χ4n) is 0.521. The Labute approximate surface area is 70.1 Å². The van der Waals surface area contributed by atoms with Crippen LogP contribution in [0, 0.1) is 11.5 Å². The van der Waals surface area contributed by atoms with E-state index in [1.165, 1.54) is 0 Å². The second kappa shape index (κ2) is 4.37. The molecule has 11 heavy (non-hydrogen) atoms. The van der Waals surface area contributed by atoms with Crippen LogP contribution in [-0.4, -0.2) is 19.3 Å². The Balaban J connectivity index is 4.08. The minimum Gasteiger partial charge on any atom is -0.377 e. The molecule has 62 valence electrons. The molecule has 1 nitrogen and oxygen atoms in total. The van der Waals surface area contributed by atoms with Gasteiger partial charge in [0.1, 0.15) is 14.2 Å². The largest absolute Gasteiger partial charge is 0.377 e. The zero-order chi connectivity index (χ0) is 8.91. The summed E-state index contributed by atoms with van der Waals surface area (Å²) in [5.74, 6) is 2.80. The van der Waals surface area contributed by atoms with Gasteiger partial charge in [-0.2, -0.15) is 0 Å². The normalized spacial score (nSPS) is 14.3. The molecule has 1 N–H and O–H groups in total. The van der Waals surface area contributed by atoms with Crippen molar-refractivity contribution in [2.24, 2.45) is 0 Å². The van der Waals surface area contributed by atoms with Crippen LogP contribution in [-0.2, 0) is 0 Å². The molecule has 0 aliphatic carbocycles. The molecule has 0 heterocycles. The predicted molar refractivity (Wildman–Crippen MR) is 51.9 cm³/mol. The van der Waals surface area contributed by atoms with E-state index in [0.717, 1.165) is 0 Å². The fraction of sp³-hybridized carbons (Fsp3) is 0.556. The third kappa shape index (κ3) is 7.37. The SMILES string of the molecule is C/C=C/C(O)C#C[Si](C)(C)C. The molecule has 0 amide bonds. The number of hydrogen-bond acceptors (Lipinski definition) is 1. The Bertz CT molecular complexity index is 190. The fourth-order valence-corrected chi connectivity index (χ4v) is 1.10. The summed E-state index contributed by atoms with van der Waals surface area (Å²) in [6, 6.07) is 0. The van der Waals surface area contributed by atoms with Gasteiger partial charge < -0.3 is 5.11 Å². The number of hydrogen-bond donors (Lipinski definition) is 1. The van der Waals surface area contributed by atoms with E-state index in [-0.39, 0.29) is 0 Å². The average Bonchev–Trinajstić information content (AvgIpc) is 1.83. The topological polar surface area (TPSA) is 20.2 Å². The van der Waals surface area contributed by atoms with Gasteiger partial charge in [-0.15, -0.1) is 5.54 Å². The van der Waals surface area contributed by atoms with Gasteiger partial charge in [-0.1, -0.05) is 31.6 Å². The van der Waals surface area contributed by atoms with Crippen LogP contribution in [0.2, 0.25) is 19.6 Å². The van der Waals surface area contributed by atoms with Crippen molar-refractivity contribution in [3.05, 3.63) is 12.2 Å². The highest BCUT2D eigenvalue weighted by Gasteiger charge is 2.07. The van der Waals surface area contributed by atoms with E-state index in [0.29, 0.717) is 0 Å². The van der Waals surface area contributed by atoms with Gasteiger partial charge in [-0.3, -0.25) is 0 Å². The summed E-state index contributed by atoms with van der Waals surface area (Å²) in [7, 11) is -1.30. The molecule has 0 aliphatic heterocycles. The third-order valence-electron chi connectivity index (χ3n) is 0.970. The first-order valence-electron chi connectivity index (χ1n) is 3.79. The molecule has 0 aromatic rings. The van der Waals surface area contributed by atoms with Crippen molar-refractivity contribution in [1.29, 1.82) is 0 Å². The van der Waals surface area contributed by atoms with E-state index in [1.807, 2.05) is 13.0 Å². The Kier molecular flexibility index (Phi) is 4.17. The second-order valence-electron chi connectivity index (χ2n) is 3.49. The number of allylic oxidation sites excluding steroid dienone is 1. The minimum absolute atomic E-state index is 0.577. The van der Waals surface area contributed by atoms with Gasteiger partial charge in [0.05, 0.1) is 0 Å². The molecular weight excluding hydrogens is 152 g/mol. The van der Waals surface area contributed by atoms with Crippen molar-refractivity contribution in [2.45, 2.75) is 32.7 Å². The Hall–Kier alpha value is -0.523. The Morgan fingerprint density at radius 3 is 2.27 bits per heavy atom. The van der Waals surface area contributed by atoms with E-state index >= 15 is 0 Å². The molecule has 2 heteroatoms. The van der Waals surface area contributed by atoms with E-state index in [4.69, 9.17) is 0 Å². The van der Waals surface area contributed by atoms with Gasteiger partial charge in [-0.25, -0.2) is 0 Å². The smallest absolute Gasteiger partial charge is 0.132 e. The first-order chi connectivity index (χ1) is 4.95. The summed E-state index contributed by atoms with van der Waals surface area (Å²) < 4.78 is 0. The molecule has 0 aromatic heterocycles. The number of rotatable bonds is 1. The standard InChI is InChI=1S/C9H16OSi/c1-5-6-9(10)7-8-11(2,3)4/h5-6,9-10H,1-4H3/b6-5+. The number of aliphatic hydroxyl groups excluding tert-OH is 1. The quantitative estimate of drug-likeness (QED) is 0.360. The van der Waals surface area contributed by atoms with Crippen LogP contribution >= 0.6 is 0 Å². The zero-order valence-corrected chi connectivity index (χ0v) is 8.68. The van der Waals surface area contributed by atoms with E-state index in [2.05, 4.69) is 31.1 Å². The highest BCUT2D eigenvalue weighted by atomic mass is 28.3. The van der Waals surface area contributed by atoms with Gasteiger partial charge in [0.2, 0.25) is 0 Å². The maximum Gasteiger partial charge on any atom is 0.132 e. The molecule has 0 bridgehead atoms. The maximum atomic E-state index is 9.17. The van der Waals surface area contributed by atoms with Crippen LogP contribution < -0.4 is 0 Å². The first-order valence-corrected chi connectivity index (χ1v) is 7.29. The van der Waals surface area contributed by atoms with Crippen LogP contribution in [0.25, 0.3) is 0 Å². The van der Waals surface area contributed by atoms with E-state index in [1.54, 1.807) is 6.08 Å². The molecule has 1 unspecified atom stereocenters. The molecule has 0 aliphatic rings. The summed E-state index contributed by atoms with van der Waals surface area (Å²) in [6.45, 7) is 8.34. The van der Waals surface area contributed by atoms with Crippen molar-refractivity contribution in [3.8, 4) is 11.5 Å². The summed E-state index contributed by atoms with van der Waals surface area (Å²) in [4.78, 5) is 0. The molecule has 0 fully saturated rings. The molecule has 0 radical (unpaired) electrons. The van der Waals surface area contributed by atoms with Crippen LogP contribution in [0.4, 0.5) is 0 Å². The van der Waals surface area contributed by atoms with Crippen molar-refractivity contribution in [3.63, 3.8) is 0 Å². The van der Waals surface area contributed by atoms with E-state index < -0.39 is 14.2 Å². The Morgan fingerprint density at radius 1 is 1.36 bits per heavy atom. The lowest BCUT2D eigenvalue weighted by Gasteiger charge is -2.03. The predicted octanol–water partition coefficient (Wildman–Crippen LogP) is 1.80. The van der Waals surface area contributed by atoms with Gasteiger partial charge in [-0.05, 0) is 13.0 Å². The van der Waals surface area contributed by atoms with Gasteiger partial charge in [0, 0.05) is 0 Å². The maximum absolute atomic E-state index is 9.17. The van der Waals surface area contributed by atoms with Crippen LogP contribution in [0.1, 0.15) is 6.92 Å². The van der Waals surface area contributed by atoms with Crippen molar-refractivity contribution < 1.29 is 5.11 Å². The molecule has 0 rings (SSSR count). The molecule has 0 saturated carbocycles. The highest BCUT2D eigenvalue weighted by Crippen LogP contribution is 1.96. The lowest BCUT2D eigenvalue weighted by molar-refractivity contribution is 0.280. The van der Waals surface area contributed by atoms with E-state index in [9.17, 15) is 5.11 Å². The summed E-state index contributed by atoms with van der Waals surface area (Å²) in [5.41, 5.74) is 3.09. The van der Waals surface area contributed by atoms with Gasteiger partial charge >= 0.3 is 0 Å². The first kappa shape index (κ1) is 10.5. The van der Waals surface area contributed by atoms with Crippen molar-refractivity contribution in [2.75, 3.05) is 0 Å². The van der Waals surface area contributed by atoms with Gasteiger partial charge in [0.25, 0.3) is 0 Å². The third-order valence-corrected chi connectivity index (χ3v) is 1.86. The molecule has 0 aromatic carbocycles.